The minimum absolute atomic E-state index is 0.00911. The Morgan fingerprint density at radius 3 is 2.00 bits per heavy atom. The van der Waals surface area contributed by atoms with Gasteiger partial charge in [-0.3, -0.25) is 29.5 Å². The third-order valence-electron chi connectivity index (χ3n) is 2.94. The van der Waals surface area contributed by atoms with Crippen molar-refractivity contribution in [1.82, 2.24) is 4.98 Å². The molecule has 1 heterocycles. The molecule has 1 aromatic heterocycles. The van der Waals surface area contributed by atoms with Gasteiger partial charge in [0, 0.05) is 12.3 Å². The monoisotopic (exact) mass is 352 g/mol. The average molecular weight is 352 g/mol. The number of carboxylic acid groups (broad SMARTS) is 3. The molecule has 0 spiro atoms. The van der Waals surface area contributed by atoms with E-state index in [0.717, 1.165) is 0 Å². The third kappa shape index (κ3) is 3.23. The van der Waals surface area contributed by atoms with E-state index in [1.807, 2.05) is 0 Å². The van der Waals surface area contributed by atoms with Crippen LogP contribution in [-0.4, -0.2) is 43.1 Å². The second kappa shape index (κ2) is 6.10. The van der Waals surface area contributed by atoms with Gasteiger partial charge in [-0.05, 0) is 0 Å². The van der Waals surface area contributed by atoms with Crippen molar-refractivity contribution in [3.8, 4) is 0 Å². The summed E-state index contributed by atoms with van der Waals surface area (Å²) in [6.07, 6.45) is -6.75. The first-order chi connectivity index (χ1) is 10.8. The zero-order chi connectivity index (χ0) is 18.9. The molecule has 0 saturated carbocycles. The van der Waals surface area contributed by atoms with Gasteiger partial charge in [0.05, 0.1) is 16.9 Å². The Morgan fingerprint density at radius 1 is 1.17 bits per heavy atom. The van der Waals surface area contributed by atoms with Gasteiger partial charge >= 0.3 is 24.1 Å². The molecule has 0 atom stereocenters. The van der Waals surface area contributed by atoms with Crippen molar-refractivity contribution in [2.75, 3.05) is 0 Å². The summed E-state index contributed by atoms with van der Waals surface area (Å²) in [4.78, 5) is 45.9. The van der Waals surface area contributed by atoms with Gasteiger partial charge in [0.25, 0.3) is 5.69 Å². The highest BCUT2D eigenvalue weighted by Crippen LogP contribution is 2.38. The van der Waals surface area contributed by atoms with Crippen LogP contribution < -0.4 is 0 Å². The summed E-state index contributed by atoms with van der Waals surface area (Å²) in [5.41, 5.74) is -8.06. The first-order valence-corrected chi connectivity index (χ1v) is 5.74. The van der Waals surface area contributed by atoms with Crippen molar-refractivity contribution in [2.45, 2.75) is 18.0 Å². The number of alkyl halides is 3. The van der Waals surface area contributed by atoms with Crippen LogP contribution in [0.25, 0.3) is 0 Å². The van der Waals surface area contributed by atoms with Crippen LogP contribution in [0.3, 0.4) is 0 Å². The first-order valence-electron chi connectivity index (χ1n) is 5.74. The lowest BCUT2D eigenvalue weighted by atomic mass is 9.79. The number of hydrogen-bond donors (Lipinski definition) is 3. The molecule has 0 fully saturated rings. The fourth-order valence-corrected chi connectivity index (χ4v) is 1.83. The maximum Gasteiger partial charge on any atom is 0.418 e. The number of aromatic nitrogens is 1. The summed E-state index contributed by atoms with van der Waals surface area (Å²) in [6, 6.07) is -0.106. The normalized spacial score (nSPS) is 11.8. The lowest BCUT2D eigenvalue weighted by Crippen LogP contribution is -2.46. The minimum atomic E-state index is -5.07. The highest BCUT2D eigenvalue weighted by Gasteiger charge is 2.55. The summed E-state index contributed by atoms with van der Waals surface area (Å²) in [5.74, 6) is -6.61. The fourth-order valence-electron chi connectivity index (χ4n) is 1.83. The Bertz CT molecular complexity index is 716. The molecular formula is C11H7F3N2O8. The molecular weight excluding hydrogens is 345 g/mol. The Balaban J connectivity index is 3.83. The molecule has 13 heteroatoms. The van der Waals surface area contributed by atoms with Crippen LogP contribution in [0.5, 0.6) is 0 Å². The van der Waals surface area contributed by atoms with E-state index in [4.69, 9.17) is 15.3 Å². The second-order valence-electron chi connectivity index (χ2n) is 4.43. The van der Waals surface area contributed by atoms with E-state index in [-0.39, 0.29) is 12.3 Å². The number of rotatable bonds is 6. The van der Waals surface area contributed by atoms with E-state index in [0.29, 0.717) is 0 Å². The number of nitrogens with zero attached hydrogens (tertiary/aromatic N) is 2. The number of halogens is 3. The standard InChI is InChI=1S/C11H7F3N2O8/c12-11(13,14)4-1-5(16(23)24)7(15-3-4)10(8(19)20,9(21)22)2-6(17)18/h1,3H,2H2,(H,17,18)(H,19,20)(H,21,22). The number of carboxylic acids is 3. The predicted octanol–water partition coefficient (Wildman–Crippen LogP) is 0.890. The molecule has 0 amide bonds. The lowest BCUT2D eigenvalue weighted by molar-refractivity contribution is -0.386. The van der Waals surface area contributed by atoms with Crippen molar-refractivity contribution in [3.63, 3.8) is 0 Å². The van der Waals surface area contributed by atoms with E-state index >= 15 is 0 Å². The molecule has 24 heavy (non-hydrogen) atoms. The summed E-state index contributed by atoms with van der Waals surface area (Å²) in [7, 11) is 0. The number of aliphatic carboxylic acids is 3. The van der Waals surface area contributed by atoms with Crippen LogP contribution in [-0.2, 0) is 26.0 Å². The summed E-state index contributed by atoms with van der Waals surface area (Å²) < 4.78 is 37.8. The van der Waals surface area contributed by atoms with Gasteiger partial charge in [0.1, 0.15) is 5.69 Å². The first kappa shape index (κ1) is 18.8. The number of carbonyl (C=O) groups is 3. The topological polar surface area (TPSA) is 168 Å². The van der Waals surface area contributed by atoms with Crippen molar-refractivity contribution < 1.29 is 47.8 Å². The Labute approximate surface area is 129 Å². The van der Waals surface area contributed by atoms with Gasteiger partial charge in [-0.2, -0.15) is 13.2 Å². The van der Waals surface area contributed by atoms with Crippen LogP contribution in [0.2, 0.25) is 0 Å². The molecule has 0 aliphatic rings. The van der Waals surface area contributed by atoms with Crippen molar-refractivity contribution in [3.05, 3.63) is 33.6 Å². The van der Waals surface area contributed by atoms with E-state index in [9.17, 15) is 37.7 Å². The Kier molecular flexibility index (Phi) is 4.77. The van der Waals surface area contributed by atoms with Crippen LogP contribution in [0.15, 0.2) is 12.3 Å². The van der Waals surface area contributed by atoms with Gasteiger partial charge < -0.3 is 15.3 Å². The molecule has 1 aromatic rings. The molecule has 0 unspecified atom stereocenters. The highest BCUT2D eigenvalue weighted by atomic mass is 19.4. The van der Waals surface area contributed by atoms with Crippen LogP contribution in [0.1, 0.15) is 17.7 Å². The van der Waals surface area contributed by atoms with E-state index < -0.39 is 57.8 Å². The molecule has 130 valence electrons. The van der Waals surface area contributed by atoms with E-state index in [2.05, 4.69) is 4.98 Å². The minimum Gasteiger partial charge on any atom is -0.481 e. The Morgan fingerprint density at radius 2 is 1.67 bits per heavy atom. The molecule has 0 radical (unpaired) electrons. The molecule has 10 nitrogen and oxygen atoms in total. The molecule has 0 aromatic carbocycles. The maximum atomic E-state index is 12.6. The fraction of sp³-hybridized carbons (Fsp3) is 0.273. The quantitative estimate of drug-likeness (QED) is 0.382. The zero-order valence-electron chi connectivity index (χ0n) is 11.3. The number of pyridine rings is 1. The Hall–Kier alpha value is -3.25. The van der Waals surface area contributed by atoms with Crippen molar-refractivity contribution in [2.24, 2.45) is 0 Å². The van der Waals surface area contributed by atoms with E-state index in [1.165, 1.54) is 0 Å². The SMILES string of the molecule is O=C(O)CC(C(=O)O)(C(=O)O)c1ncc(C(F)(F)F)cc1[N+](=O)[O-]. The molecule has 0 saturated heterocycles. The summed E-state index contributed by atoms with van der Waals surface area (Å²) >= 11 is 0. The van der Waals surface area contributed by atoms with Gasteiger partial charge in [-0.25, -0.2) is 0 Å². The van der Waals surface area contributed by atoms with Gasteiger partial charge in [0.2, 0.25) is 5.41 Å². The maximum absolute atomic E-state index is 12.6. The smallest absolute Gasteiger partial charge is 0.418 e. The van der Waals surface area contributed by atoms with Crippen LogP contribution >= 0.6 is 0 Å². The highest BCUT2D eigenvalue weighted by molar-refractivity contribution is 6.07. The predicted molar refractivity (Wildman–Crippen MR) is 65.1 cm³/mol. The van der Waals surface area contributed by atoms with Crippen molar-refractivity contribution in [1.29, 1.82) is 0 Å². The van der Waals surface area contributed by atoms with Crippen molar-refractivity contribution >= 4 is 23.6 Å². The molecule has 0 aliphatic heterocycles. The molecule has 0 aliphatic carbocycles. The molecule has 3 N–H and O–H groups in total. The number of hydrogen-bond acceptors (Lipinski definition) is 6. The average Bonchev–Trinajstić information content (AvgIpc) is 2.42. The molecule has 1 rings (SSSR count). The lowest BCUT2D eigenvalue weighted by Gasteiger charge is -2.22. The van der Waals surface area contributed by atoms with Gasteiger partial charge in [-0.15, -0.1) is 0 Å². The van der Waals surface area contributed by atoms with Gasteiger partial charge in [0.15, 0.2) is 0 Å². The van der Waals surface area contributed by atoms with Crippen LogP contribution in [0.4, 0.5) is 18.9 Å². The largest absolute Gasteiger partial charge is 0.481 e. The number of nitro groups is 1. The zero-order valence-corrected chi connectivity index (χ0v) is 11.3. The summed E-state index contributed by atoms with van der Waals surface area (Å²) in [6.45, 7) is 0. The summed E-state index contributed by atoms with van der Waals surface area (Å²) in [5, 5.41) is 37.9. The third-order valence-corrected chi connectivity index (χ3v) is 2.94. The van der Waals surface area contributed by atoms with Gasteiger partial charge in [-0.1, -0.05) is 0 Å². The molecule has 0 bridgehead atoms. The van der Waals surface area contributed by atoms with Crippen LogP contribution in [0, 0.1) is 10.1 Å². The van der Waals surface area contributed by atoms with E-state index in [1.54, 1.807) is 0 Å². The second-order valence-corrected chi connectivity index (χ2v) is 4.43.